The van der Waals surface area contributed by atoms with E-state index in [0.29, 0.717) is 17.1 Å². The van der Waals surface area contributed by atoms with Gasteiger partial charge in [-0.25, -0.2) is 18.0 Å². The molecule has 52 heavy (non-hydrogen) atoms. The van der Waals surface area contributed by atoms with Gasteiger partial charge < -0.3 is 28.4 Å². The molecule has 4 rings (SSSR count). The van der Waals surface area contributed by atoms with Crippen LogP contribution in [0.15, 0.2) is 111 Å². The molecule has 0 N–H and O–H groups in total. The van der Waals surface area contributed by atoms with Crippen LogP contribution in [0.2, 0.25) is 0 Å². The summed E-state index contributed by atoms with van der Waals surface area (Å²) < 4.78 is 53.9. The van der Waals surface area contributed by atoms with Crippen molar-refractivity contribution in [3.63, 3.8) is 0 Å². The molecule has 4 aromatic carbocycles. The molecule has 0 aliphatic rings. The van der Waals surface area contributed by atoms with Crippen molar-refractivity contribution in [1.82, 2.24) is 0 Å². The zero-order chi connectivity index (χ0) is 38.9. The summed E-state index contributed by atoms with van der Waals surface area (Å²) in [7, 11) is -0.694. The molecule has 0 saturated heterocycles. The minimum Gasteiger partial charge on any atom is -0.744 e. The third-order valence-corrected chi connectivity index (χ3v) is 10.1. The standard InChI is InChI=1S/C32H40NO6S.C8H10O3S/c1-31(2,3)38-29(34)21-36-24-11-17-27(18-12-24)40(26-15-9-23(10-16-26)33(7)8)28-19-13-25(14-20-28)37-22-30(35)39-32(4,5)6;1-6-3-4-7(2)8(5-6)12(9,10)11/h9-20H,21-22H2,1-8H3;3-5H,1-2H3,(H,9,10,11)/q+1;/p-1. The van der Waals surface area contributed by atoms with Gasteiger partial charge in [0.2, 0.25) is 0 Å². The fraction of sp³-hybridized carbons (Fsp3) is 0.350. The van der Waals surface area contributed by atoms with Crippen LogP contribution in [0.1, 0.15) is 52.7 Å². The summed E-state index contributed by atoms with van der Waals surface area (Å²) in [6.07, 6.45) is 0. The highest BCUT2D eigenvalue weighted by Gasteiger charge is 2.29. The molecule has 0 radical (unpaired) electrons. The summed E-state index contributed by atoms with van der Waals surface area (Å²) in [6, 6.07) is 28.8. The molecule has 0 heterocycles. The van der Waals surface area contributed by atoms with Gasteiger partial charge in [-0.05, 0) is 145 Å². The number of ether oxygens (including phenoxy) is 4. The number of aryl methyl sites for hydroxylation is 2. The summed E-state index contributed by atoms with van der Waals surface area (Å²) in [6.45, 7) is 14.0. The maximum absolute atomic E-state index is 12.0. The second kappa shape index (κ2) is 17.8. The van der Waals surface area contributed by atoms with Gasteiger partial charge >= 0.3 is 11.9 Å². The van der Waals surface area contributed by atoms with E-state index in [9.17, 15) is 22.6 Å². The van der Waals surface area contributed by atoms with E-state index in [4.69, 9.17) is 18.9 Å². The van der Waals surface area contributed by atoms with Gasteiger partial charge in [0, 0.05) is 19.8 Å². The lowest BCUT2D eigenvalue weighted by Gasteiger charge is -2.19. The van der Waals surface area contributed by atoms with E-state index in [0.717, 1.165) is 25.9 Å². The Morgan fingerprint density at radius 1 is 0.654 bits per heavy atom. The molecular weight excluding hydrogens is 703 g/mol. The third kappa shape index (κ3) is 13.9. The summed E-state index contributed by atoms with van der Waals surface area (Å²) in [5.41, 5.74) is 1.27. The summed E-state index contributed by atoms with van der Waals surface area (Å²) in [4.78, 5) is 29.3. The fourth-order valence-electron chi connectivity index (χ4n) is 4.64. The first-order chi connectivity index (χ1) is 24.1. The number of carbonyl (C=O) groups excluding carboxylic acids is 2. The van der Waals surface area contributed by atoms with Crippen LogP contribution in [0.25, 0.3) is 0 Å². The Hall–Kier alpha value is -4.52. The molecular formula is C40H49NO9S2. The number of benzene rings is 4. The van der Waals surface area contributed by atoms with Crippen molar-refractivity contribution in [2.75, 3.05) is 32.2 Å². The van der Waals surface area contributed by atoms with E-state index < -0.39 is 44.2 Å². The number of hydrogen-bond donors (Lipinski definition) is 0. The number of nitrogens with zero attached hydrogens (tertiary/aromatic N) is 1. The monoisotopic (exact) mass is 751 g/mol. The lowest BCUT2D eigenvalue weighted by atomic mass is 10.2. The minimum atomic E-state index is -4.31. The second-order valence-electron chi connectivity index (χ2n) is 14.1. The lowest BCUT2D eigenvalue weighted by molar-refractivity contribution is -0.158. The smallest absolute Gasteiger partial charge is 0.344 e. The van der Waals surface area contributed by atoms with E-state index in [1.807, 2.05) is 104 Å². The van der Waals surface area contributed by atoms with Gasteiger partial charge in [-0.2, -0.15) is 0 Å². The topological polar surface area (TPSA) is 132 Å². The first kappa shape index (κ1) is 41.9. The molecule has 0 bridgehead atoms. The Balaban J connectivity index is 0.000000513. The van der Waals surface area contributed by atoms with Crippen molar-refractivity contribution in [1.29, 1.82) is 0 Å². The van der Waals surface area contributed by atoms with Crippen molar-refractivity contribution >= 4 is 38.6 Å². The van der Waals surface area contributed by atoms with Crippen molar-refractivity contribution in [2.45, 2.75) is 86.2 Å². The molecule has 0 aliphatic carbocycles. The van der Waals surface area contributed by atoms with Crippen LogP contribution in [0, 0.1) is 13.8 Å². The fourth-order valence-corrected chi connectivity index (χ4v) is 7.47. The van der Waals surface area contributed by atoms with Gasteiger partial charge in [-0.3, -0.25) is 0 Å². The van der Waals surface area contributed by atoms with Crippen LogP contribution in [-0.4, -0.2) is 63.4 Å². The Morgan fingerprint density at radius 2 is 1.04 bits per heavy atom. The lowest BCUT2D eigenvalue weighted by Crippen LogP contribution is -2.27. The quantitative estimate of drug-likeness (QED) is 0.0863. The Kier molecular flexibility index (Phi) is 14.3. The summed E-state index contributed by atoms with van der Waals surface area (Å²) in [5.74, 6) is 0.358. The first-order valence-electron chi connectivity index (χ1n) is 16.6. The molecule has 12 heteroatoms. The second-order valence-corrected chi connectivity index (χ2v) is 17.5. The SMILES string of the molecule is CN(C)c1ccc([S+](c2ccc(OCC(=O)OC(C)(C)C)cc2)c2ccc(OCC(=O)OC(C)(C)C)cc2)cc1.Cc1ccc(C)c(S(=O)(=O)[O-])c1. The number of rotatable bonds is 11. The molecule has 4 aromatic rings. The molecule has 280 valence electrons. The largest absolute Gasteiger partial charge is 0.744 e. The first-order valence-corrected chi connectivity index (χ1v) is 19.2. The predicted octanol–water partition coefficient (Wildman–Crippen LogP) is 7.50. The zero-order valence-corrected chi connectivity index (χ0v) is 33.1. The van der Waals surface area contributed by atoms with Crippen LogP contribution < -0.4 is 14.4 Å². The van der Waals surface area contributed by atoms with Gasteiger partial charge in [-0.15, -0.1) is 0 Å². The maximum Gasteiger partial charge on any atom is 0.344 e. The minimum absolute atomic E-state index is 0.123. The van der Waals surface area contributed by atoms with Gasteiger partial charge in [0.15, 0.2) is 27.9 Å². The van der Waals surface area contributed by atoms with Crippen LogP contribution in [0.5, 0.6) is 11.5 Å². The van der Waals surface area contributed by atoms with E-state index in [1.54, 1.807) is 26.0 Å². The van der Waals surface area contributed by atoms with Crippen molar-refractivity contribution < 1.29 is 41.5 Å². The third-order valence-electron chi connectivity index (χ3n) is 6.87. The van der Waals surface area contributed by atoms with Crippen molar-refractivity contribution in [2.24, 2.45) is 0 Å². The van der Waals surface area contributed by atoms with Crippen molar-refractivity contribution in [3.05, 3.63) is 102 Å². The normalized spacial score (nSPS) is 11.6. The van der Waals surface area contributed by atoms with Crippen LogP contribution >= 0.6 is 0 Å². The van der Waals surface area contributed by atoms with E-state index in [2.05, 4.69) is 29.2 Å². The van der Waals surface area contributed by atoms with Gasteiger partial charge in [0.05, 0.1) is 15.8 Å². The summed E-state index contributed by atoms with van der Waals surface area (Å²) >= 11 is 0. The van der Waals surface area contributed by atoms with Crippen LogP contribution in [-0.2, 0) is 40.1 Å². The van der Waals surface area contributed by atoms with Crippen molar-refractivity contribution in [3.8, 4) is 11.5 Å². The predicted molar refractivity (Wildman–Crippen MR) is 202 cm³/mol. The van der Waals surface area contributed by atoms with Gasteiger partial charge in [0.1, 0.15) is 32.8 Å². The summed E-state index contributed by atoms with van der Waals surface area (Å²) in [5, 5.41) is 0. The highest BCUT2D eigenvalue weighted by atomic mass is 32.2. The molecule has 0 fully saturated rings. The molecule has 10 nitrogen and oxygen atoms in total. The molecule has 0 atom stereocenters. The number of anilines is 1. The van der Waals surface area contributed by atoms with Crippen LogP contribution in [0.3, 0.4) is 0 Å². The maximum atomic E-state index is 12.0. The number of hydrogen-bond acceptors (Lipinski definition) is 10. The van der Waals surface area contributed by atoms with Gasteiger partial charge in [0.25, 0.3) is 0 Å². The van der Waals surface area contributed by atoms with E-state index in [1.165, 1.54) is 6.07 Å². The average molecular weight is 752 g/mol. The average Bonchev–Trinajstić information content (AvgIpc) is 3.04. The van der Waals surface area contributed by atoms with E-state index >= 15 is 0 Å². The zero-order valence-electron chi connectivity index (χ0n) is 31.5. The Labute approximate surface area is 311 Å². The highest BCUT2D eigenvalue weighted by Crippen LogP contribution is 2.34. The molecule has 0 aromatic heterocycles. The molecule has 0 amide bonds. The van der Waals surface area contributed by atoms with Crippen LogP contribution in [0.4, 0.5) is 5.69 Å². The highest BCUT2D eigenvalue weighted by molar-refractivity contribution is 7.97. The molecule has 0 saturated carbocycles. The number of carbonyl (C=O) groups is 2. The number of esters is 2. The molecule has 0 spiro atoms. The molecule has 0 unspecified atom stereocenters. The Morgan fingerprint density at radius 3 is 1.37 bits per heavy atom. The Bertz CT molecular complexity index is 1820. The molecule has 0 aliphatic heterocycles. The van der Waals surface area contributed by atoms with Gasteiger partial charge in [-0.1, -0.05) is 12.1 Å². The van der Waals surface area contributed by atoms with E-state index in [-0.39, 0.29) is 18.1 Å².